The molecular weight excluding hydrogens is 344 g/mol. The fourth-order valence-electron chi connectivity index (χ4n) is 2.88. The van der Waals surface area contributed by atoms with Crippen molar-refractivity contribution >= 4 is 22.8 Å². The van der Waals surface area contributed by atoms with Crippen molar-refractivity contribution in [3.63, 3.8) is 0 Å². The number of benzene rings is 1. The average Bonchev–Trinajstić information content (AvgIpc) is 3.18. The van der Waals surface area contributed by atoms with E-state index in [-0.39, 0.29) is 11.1 Å². The van der Waals surface area contributed by atoms with Crippen LogP contribution in [-0.4, -0.2) is 54.4 Å². The first-order chi connectivity index (χ1) is 12.1. The molecule has 0 radical (unpaired) electrons. The Morgan fingerprint density at radius 3 is 2.76 bits per heavy atom. The summed E-state index contributed by atoms with van der Waals surface area (Å²) in [5.74, 6) is 0.485. The second-order valence-corrected chi connectivity index (χ2v) is 6.86. The summed E-state index contributed by atoms with van der Waals surface area (Å²) in [5, 5.41) is 27.3. The van der Waals surface area contributed by atoms with Gasteiger partial charge >= 0.3 is 0 Å². The van der Waals surface area contributed by atoms with Gasteiger partial charge in [0.15, 0.2) is 5.52 Å². The molecule has 4 rings (SSSR count). The van der Waals surface area contributed by atoms with Gasteiger partial charge in [-0.3, -0.25) is 9.89 Å². The Labute approximate surface area is 146 Å². The predicted molar refractivity (Wildman–Crippen MR) is 91.3 cm³/mol. The molecule has 0 spiro atoms. The molecule has 0 saturated carbocycles. The molecule has 3 heterocycles. The van der Waals surface area contributed by atoms with Crippen LogP contribution in [0.5, 0.6) is 0 Å². The molecule has 1 aliphatic rings. The van der Waals surface area contributed by atoms with Crippen molar-refractivity contribution in [1.82, 2.24) is 20.2 Å². The Hall–Kier alpha value is -2.20. The molecule has 2 aromatic heterocycles. The molecule has 1 fully saturated rings. The van der Waals surface area contributed by atoms with Crippen molar-refractivity contribution in [2.45, 2.75) is 29.3 Å². The minimum atomic E-state index is -1.13. The van der Waals surface area contributed by atoms with Gasteiger partial charge in [0.25, 0.3) is 5.56 Å². The Kier molecular flexibility index (Phi) is 4.30. The molecule has 0 bridgehead atoms. The molecule has 1 aliphatic heterocycles. The van der Waals surface area contributed by atoms with E-state index >= 15 is 0 Å². The molecule has 4 atom stereocenters. The number of ether oxygens (including phenoxy) is 1. The third-order valence-electron chi connectivity index (χ3n) is 4.18. The van der Waals surface area contributed by atoms with Gasteiger partial charge in [-0.15, -0.1) is 11.8 Å². The van der Waals surface area contributed by atoms with Gasteiger partial charge in [-0.1, -0.05) is 18.2 Å². The summed E-state index contributed by atoms with van der Waals surface area (Å²) in [5.41, 5.74) is 0.484. The molecule has 3 aromatic rings. The molecule has 0 amide bonds. The van der Waals surface area contributed by atoms with Gasteiger partial charge < -0.3 is 19.9 Å². The smallest absolute Gasteiger partial charge is 0.279 e. The van der Waals surface area contributed by atoms with E-state index in [1.165, 1.54) is 18.1 Å². The van der Waals surface area contributed by atoms with E-state index in [0.29, 0.717) is 17.0 Å². The van der Waals surface area contributed by atoms with Gasteiger partial charge in [-0.05, 0) is 12.1 Å². The fraction of sp³-hybridized carbons (Fsp3) is 0.312. The molecule has 1 saturated heterocycles. The molecule has 130 valence electrons. The van der Waals surface area contributed by atoms with Gasteiger partial charge in [0.2, 0.25) is 0 Å². The molecular formula is C16H16N4O4S. The highest BCUT2D eigenvalue weighted by Crippen LogP contribution is 2.36. The summed E-state index contributed by atoms with van der Waals surface area (Å²) in [4.78, 5) is 19.3. The Morgan fingerprint density at radius 2 is 1.96 bits per heavy atom. The third-order valence-corrected chi connectivity index (χ3v) is 5.28. The number of aromatic amines is 2. The number of aliphatic hydroxyl groups is 2. The predicted octanol–water partition coefficient (Wildman–Crippen LogP) is 0.600. The normalized spacial score (nSPS) is 26.3. The summed E-state index contributed by atoms with van der Waals surface area (Å²) in [6.07, 6.45) is -2.28. The second kappa shape index (κ2) is 6.60. The van der Waals surface area contributed by atoms with Crippen LogP contribution in [0.1, 0.15) is 11.8 Å². The number of nitrogens with zero attached hydrogens (tertiary/aromatic N) is 2. The molecule has 1 aromatic carbocycles. The lowest BCUT2D eigenvalue weighted by molar-refractivity contribution is 0.0146. The molecule has 0 unspecified atom stereocenters. The molecule has 9 heteroatoms. The summed E-state index contributed by atoms with van der Waals surface area (Å²) >= 11 is 1.54. The maximum atomic E-state index is 11.7. The summed E-state index contributed by atoms with van der Waals surface area (Å²) in [6, 6.07) is 9.75. The molecule has 4 N–H and O–H groups in total. The summed E-state index contributed by atoms with van der Waals surface area (Å²) < 4.78 is 5.86. The quantitative estimate of drug-likeness (QED) is 0.502. The minimum absolute atomic E-state index is 0.143. The third kappa shape index (κ3) is 2.95. The summed E-state index contributed by atoms with van der Waals surface area (Å²) in [6.45, 7) is 0. The Morgan fingerprint density at radius 1 is 1.16 bits per heavy atom. The van der Waals surface area contributed by atoms with Gasteiger partial charge in [0, 0.05) is 10.6 Å². The van der Waals surface area contributed by atoms with Crippen molar-refractivity contribution in [3.05, 3.63) is 52.7 Å². The van der Waals surface area contributed by atoms with Crippen LogP contribution in [0.3, 0.4) is 0 Å². The van der Waals surface area contributed by atoms with Crippen LogP contribution >= 0.6 is 11.8 Å². The Balaban J connectivity index is 1.55. The standard InChI is InChI=1S/C16H16N4O4S/c21-13-9(6-25-8-4-2-1-3-5-8)24-15(14(13)22)11-10-12(20-19-11)16(23)18-7-17-10/h1-5,7,9,13-15,21-22H,6H2,(H,19,20)(H,17,18,23)/t9-,13-,14-,15+/m1/s1. The second-order valence-electron chi connectivity index (χ2n) is 5.77. The number of aliphatic hydroxyl groups excluding tert-OH is 2. The largest absolute Gasteiger partial charge is 0.388 e. The van der Waals surface area contributed by atoms with Gasteiger partial charge in [-0.25, -0.2) is 4.98 Å². The van der Waals surface area contributed by atoms with Crippen LogP contribution in [-0.2, 0) is 4.74 Å². The number of hydrogen-bond donors (Lipinski definition) is 4. The maximum absolute atomic E-state index is 11.7. The van der Waals surface area contributed by atoms with Crippen LogP contribution < -0.4 is 5.56 Å². The Bertz CT molecular complexity index is 929. The first kappa shape index (κ1) is 16.3. The van der Waals surface area contributed by atoms with E-state index in [9.17, 15) is 15.0 Å². The van der Waals surface area contributed by atoms with Gasteiger partial charge in [-0.2, -0.15) is 5.10 Å². The molecule has 25 heavy (non-hydrogen) atoms. The minimum Gasteiger partial charge on any atom is -0.388 e. The van der Waals surface area contributed by atoms with Crippen molar-refractivity contribution < 1.29 is 14.9 Å². The van der Waals surface area contributed by atoms with Crippen molar-refractivity contribution in [3.8, 4) is 0 Å². The number of thioether (sulfide) groups is 1. The zero-order chi connectivity index (χ0) is 17.4. The maximum Gasteiger partial charge on any atom is 0.279 e. The van der Waals surface area contributed by atoms with Crippen LogP contribution in [0.15, 0.2) is 46.3 Å². The number of rotatable bonds is 4. The van der Waals surface area contributed by atoms with E-state index in [1.54, 1.807) is 0 Å². The first-order valence-corrected chi connectivity index (χ1v) is 8.75. The topological polar surface area (TPSA) is 124 Å². The van der Waals surface area contributed by atoms with E-state index in [1.807, 2.05) is 30.3 Å². The van der Waals surface area contributed by atoms with Gasteiger partial charge in [0.05, 0.1) is 18.1 Å². The SMILES string of the molecule is O=c1[nH]cnc2c([C@@H]3O[C@H](CSc4ccccc4)[C@@H](O)[C@H]3O)[nH]nc12. The number of aromatic nitrogens is 4. The van der Waals surface area contributed by atoms with Crippen LogP contribution in [0, 0.1) is 0 Å². The first-order valence-electron chi connectivity index (χ1n) is 7.76. The van der Waals surface area contributed by atoms with Gasteiger partial charge in [0.1, 0.15) is 23.8 Å². The van der Waals surface area contributed by atoms with Crippen LogP contribution in [0.25, 0.3) is 11.0 Å². The van der Waals surface area contributed by atoms with E-state index < -0.39 is 24.4 Å². The molecule has 0 aliphatic carbocycles. The van der Waals surface area contributed by atoms with Crippen molar-refractivity contribution in [1.29, 1.82) is 0 Å². The lowest BCUT2D eigenvalue weighted by atomic mass is 10.1. The lowest BCUT2D eigenvalue weighted by Gasteiger charge is -2.13. The highest BCUT2D eigenvalue weighted by Gasteiger charge is 2.45. The molecule has 8 nitrogen and oxygen atoms in total. The number of hydrogen-bond acceptors (Lipinski definition) is 7. The van der Waals surface area contributed by atoms with E-state index in [4.69, 9.17) is 4.74 Å². The average molecular weight is 360 g/mol. The van der Waals surface area contributed by atoms with Crippen LogP contribution in [0.4, 0.5) is 0 Å². The summed E-state index contributed by atoms with van der Waals surface area (Å²) in [7, 11) is 0. The highest BCUT2D eigenvalue weighted by molar-refractivity contribution is 7.99. The van der Waals surface area contributed by atoms with Crippen LogP contribution in [0.2, 0.25) is 0 Å². The van der Waals surface area contributed by atoms with E-state index in [2.05, 4.69) is 20.2 Å². The monoisotopic (exact) mass is 360 g/mol. The van der Waals surface area contributed by atoms with Crippen molar-refractivity contribution in [2.24, 2.45) is 0 Å². The number of fused-ring (bicyclic) bond motifs is 1. The van der Waals surface area contributed by atoms with E-state index in [0.717, 1.165) is 4.90 Å². The van der Waals surface area contributed by atoms with Crippen molar-refractivity contribution in [2.75, 3.05) is 5.75 Å². The number of H-pyrrole nitrogens is 2. The fourth-order valence-corrected chi connectivity index (χ4v) is 3.86. The highest BCUT2D eigenvalue weighted by atomic mass is 32.2. The lowest BCUT2D eigenvalue weighted by Crippen LogP contribution is -2.31. The zero-order valence-electron chi connectivity index (χ0n) is 13.0. The zero-order valence-corrected chi connectivity index (χ0v) is 13.8. The number of nitrogens with one attached hydrogen (secondary N) is 2.